The normalized spacial score (nSPS) is 12.0. The average molecular weight is 305 g/mol. The van der Waals surface area contributed by atoms with Crippen LogP contribution in [0.4, 0.5) is 0 Å². The summed E-state index contributed by atoms with van der Waals surface area (Å²) >= 11 is 0. The van der Waals surface area contributed by atoms with E-state index >= 15 is 0 Å². The summed E-state index contributed by atoms with van der Waals surface area (Å²) in [7, 11) is 0. The van der Waals surface area contributed by atoms with Crippen molar-refractivity contribution in [3.63, 3.8) is 0 Å². The van der Waals surface area contributed by atoms with Gasteiger partial charge in [-0.05, 0) is 31.5 Å². The minimum atomic E-state index is -0.532. The van der Waals surface area contributed by atoms with Crippen molar-refractivity contribution in [3.05, 3.63) is 35.4 Å². The molecule has 0 fully saturated rings. The number of benzene rings is 1. The van der Waals surface area contributed by atoms with Crippen LogP contribution >= 0.6 is 0 Å². The Bertz CT molecular complexity index is 483. The lowest BCUT2D eigenvalue weighted by molar-refractivity contribution is -0.123. The highest BCUT2D eigenvalue weighted by Gasteiger charge is 2.24. The molecule has 1 rings (SSSR count). The van der Waals surface area contributed by atoms with Gasteiger partial charge < -0.3 is 16.0 Å². The van der Waals surface area contributed by atoms with Crippen molar-refractivity contribution in [1.29, 1.82) is 0 Å². The molecule has 1 aromatic rings. The smallest absolute Gasteiger partial charge is 0.251 e. The van der Waals surface area contributed by atoms with Crippen LogP contribution in [0.2, 0.25) is 0 Å². The van der Waals surface area contributed by atoms with Crippen molar-refractivity contribution in [2.24, 2.45) is 5.92 Å². The van der Waals surface area contributed by atoms with Crippen LogP contribution in [0.5, 0.6) is 0 Å². The summed E-state index contributed by atoms with van der Waals surface area (Å²) in [6.45, 7) is 9.97. The van der Waals surface area contributed by atoms with Gasteiger partial charge in [-0.25, -0.2) is 0 Å². The predicted molar refractivity (Wildman–Crippen MR) is 88.8 cm³/mol. The number of hydrogen-bond acceptors (Lipinski definition) is 3. The highest BCUT2D eigenvalue weighted by Crippen LogP contribution is 2.06. The number of carbonyl (C=O) groups excluding carboxylic acids is 2. The van der Waals surface area contributed by atoms with Gasteiger partial charge in [0.25, 0.3) is 5.91 Å². The van der Waals surface area contributed by atoms with E-state index in [0.717, 1.165) is 18.7 Å². The van der Waals surface area contributed by atoms with Gasteiger partial charge in [0.2, 0.25) is 5.91 Å². The fourth-order valence-electron chi connectivity index (χ4n) is 2.03. The summed E-state index contributed by atoms with van der Waals surface area (Å²) in [5.74, 6) is -0.345. The molecule has 0 spiro atoms. The summed E-state index contributed by atoms with van der Waals surface area (Å²) < 4.78 is 0. The van der Waals surface area contributed by atoms with Gasteiger partial charge in [0.05, 0.1) is 0 Å². The Kier molecular flexibility index (Phi) is 7.60. The van der Waals surface area contributed by atoms with Crippen molar-refractivity contribution in [2.75, 3.05) is 19.6 Å². The minimum Gasteiger partial charge on any atom is -0.353 e. The molecule has 2 amide bonds. The second-order valence-corrected chi connectivity index (χ2v) is 5.71. The van der Waals surface area contributed by atoms with Crippen LogP contribution in [0.15, 0.2) is 24.3 Å². The topological polar surface area (TPSA) is 70.2 Å². The first kappa shape index (κ1) is 18.2. The van der Waals surface area contributed by atoms with Crippen LogP contribution in [0.1, 0.15) is 36.7 Å². The maximum Gasteiger partial charge on any atom is 0.251 e. The quantitative estimate of drug-likeness (QED) is 0.637. The summed E-state index contributed by atoms with van der Waals surface area (Å²) in [5, 5.41) is 8.81. The van der Waals surface area contributed by atoms with Crippen LogP contribution in [0, 0.1) is 12.8 Å². The zero-order valence-electron chi connectivity index (χ0n) is 13.9. The van der Waals surface area contributed by atoms with Gasteiger partial charge in [-0.2, -0.15) is 0 Å². The monoisotopic (exact) mass is 305 g/mol. The number of carbonyl (C=O) groups is 2. The Morgan fingerprint density at radius 1 is 1.09 bits per heavy atom. The molecule has 0 aliphatic rings. The Morgan fingerprint density at radius 2 is 1.73 bits per heavy atom. The first-order valence-electron chi connectivity index (χ1n) is 7.81. The third kappa shape index (κ3) is 5.85. The number of likely N-dealkylation sites (N-methyl/N-ethyl adjacent to an activating group) is 1. The van der Waals surface area contributed by atoms with Crippen LogP contribution in [-0.4, -0.2) is 37.5 Å². The fraction of sp³-hybridized carbons (Fsp3) is 0.529. The van der Waals surface area contributed by atoms with E-state index in [1.807, 2.05) is 39.8 Å². The summed E-state index contributed by atoms with van der Waals surface area (Å²) in [6.07, 6.45) is 0. The van der Waals surface area contributed by atoms with Crippen molar-refractivity contribution in [3.8, 4) is 0 Å². The molecule has 0 radical (unpaired) electrons. The molecule has 1 aromatic carbocycles. The zero-order chi connectivity index (χ0) is 16.5. The SMILES string of the molecule is CCNCCNC(=O)C(NC(=O)c1ccc(C)cc1)C(C)C. The summed E-state index contributed by atoms with van der Waals surface area (Å²) in [5.41, 5.74) is 1.66. The summed E-state index contributed by atoms with van der Waals surface area (Å²) in [4.78, 5) is 24.5. The third-order valence-electron chi connectivity index (χ3n) is 3.40. The molecule has 0 aliphatic heterocycles. The van der Waals surface area contributed by atoms with Crippen LogP contribution in [-0.2, 0) is 4.79 Å². The minimum absolute atomic E-state index is 0.0218. The van der Waals surface area contributed by atoms with E-state index in [4.69, 9.17) is 0 Å². The van der Waals surface area contributed by atoms with E-state index in [2.05, 4.69) is 16.0 Å². The first-order valence-corrected chi connectivity index (χ1v) is 7.81. The Morgan fingerprint density at radius 3 is 2.27 bits per heavy atom. The molecule has 0 bridgehead atoms. The molecule has 122 valence electrons. The summed E-state index contributed by atoms with van der Waals surface area (Å²) in [6, 6.07) is 6.78. The zero-order valence-corrected chi connectivity index (χ0v) is 13.9. The lowest BCUT2D eigenvalue weighted by Gasteiger charge is -2.22. The van der Waals surface area contributed by atoms with E-state index in [-0.39, 0.29) is 17.7 Å². The molecule has 0 aliphatic carbocycles. The predicted octanol–water partition coefficient (Wildman–Crippen LogP) is 1.48. The number of hydrogen-bond donors (Lipinski definition) is 3. The third-order valence-corrected chi connectivity index (χ3v) is 3.40. The van der Waals surface area contributed by atoms with Crippen LogP contribution in [0.3, 0.4) is 0 Å². The molecule has 5 heteroatoms. The van der Waals surface area contributed by atoms with Crippen molar-refractivity contribution in [1.82, 2.24) is 16.0 Å². The number of rotatable bonds is 8. The number of amides is 2. The molecule has 0 aromatic heterocycles. The molecular weight excluding hydrogens is 278 g/mol. The van der Waals surface area contributed by atoms with Gasteiger partial charge in [-0.3, -0.25) is 9.59 Å². The van der Waals surface area contributed by atoms with Gasteiger partial charge in [0, 0.05) is 18.7 Å². The molecule has 3 N–H and O–H groups in total. The van der Waals surface area contributed by atoms with E-state index in [0.29, 0.717) is 12.1 Å². The second kappa shape index (κ2) is 9.20. The molecule has 0 saturated carbocycles. The van der Waals surface area contributed by atoms with E-state index in [1.165, 1.54) is 0 Å². The number of nitrogens with one attached hydrogen (secondary N) is 3. The Hall–Kier alpha value is -1.88. The van der Waals surface area contributed by atoms with Crippen LogP contribution in [0.25, 0.3) is 0 Å². The second-order valence-electron chi connectivity index (χ2n) is 5.71. The highest BCUT2D eigenvalue weighted by atomic mass is 16.2. The van der Waals surface area contributed by atoms with E-state index < -0.39 is 6.04 Å². The standard InChI is InChI=1S/C17H27N3O2/c1-5-18-10-11-19-17(22)15(12(2)3)20-16(21)14-8-6-13(4)7-9-14/h6-9,12,15,18H,5,10-11H2,1-4H3,(H,19,22)(H,20,21). The number of aryl methyl sites for hydroxylation is 1. The van der Waals surface area contributed by atoms with Gasteiger partial charge in [-0.15, -0.1) is 0 Å². The lowest BCUT2D eigenvalue weighted by atomic mass is 10.0. The average Bonchev–Trinajstić information content (AvgIpc) is 2.49. The van der Waals surface area contributed by atoms with Crippen molar-refractivity contribution < 1.29 is 9.59 Å². The van der Waals surface area contributed by atoms with Gasteiger partial charge in [0.15, 0.2) is 0 Å². The lowest BCUT2D eigenvalue weighted by Crippen LogP contribution is -2.50. The molecule has 0 heterocycles. The maximum absolute atomic E-state index is 12.2. The van der Waals surface area contributed by atoms with Crippen molar-refractivity contribution >= 4 is 11.8 Å². The molecule has 22 heavy (non-hydrogen) atoms. The maximum atomic E-state index is 12.2. The molecule has 0 saturated heterocycles. The molecule has 1 atom stereocenters. The highest BCUT2D eigenvalue weighted by molar-refractivity contribution is 5.97. The van der Waals surface area contributed by atoms with Gasteiger partial charge >= 0.3 is 0 Å². The van der Waals surface area contributed by atoms with E-state index in [1.54, 1.807) is 12.1 Å². The van der Waals surface area contributed by atoms with Gasteiger partial charge in [-0.1, -0.05) is 38.5 Å². The fourth-order valence-corrected chi connectivity index (χ4v) is 2.03. The Balaban J connectivity index is 2.61. The molecule has 5 nitrogen and oxygen atoms in total. The van der Waals surface area contributed by atoms with Crippen LogP contribution < -0.4 is 16.0 Å². The largest absolute Gasteiger partial charge is 0.353 e. The van der Waals surface area contributed by atoms with Crippen molar-refractivity contribution in [2.45, 2.75) is 33.7 Å². The van der Waals surface area contributed by atoms with Gasteiger partial charge in [0.1, 0.15) is 6.04 Å². The Labute approximate surface area is 132 Å². The first-order chi connectivity index (χ1) is 10.5. The molecular formula is C17H27N3O2. The van der Waals surface area contributed by atoms with E-state index in [9.17, 15) is 9.59 Å². The molecule has 1 unspecified atom stereocenters.